The zero-order chi connectivity index (χ0) is 12.6. The number of Topliss-reactive ketones (excluding diaryl/α,β-unsaturated/α-hetero) is 1. The zero-order valence-corrected chi connectivity index (χ0v) is 10.7. The molecule has 94 valence electrons. The van der Waals surface area contributed by atoms with Crippen molar-refractivity contribution < 1.29 is 14.7 Å². The molecule has 1 aliphatic carbocycles. The lowest BCUT2D eigenvalue weighted by Crippen LogP contribution is -2.12. The Morgan fingerprint density at radius 1 is 1.44 bits per heavy atom. The summed E-state index contributed by atoms with van der Waals surface area (Å²) in [7, 11) is 0. The molecule has 3 heteroatoms. The number of hydrogen-bond donors (Lipinski definition) is 1. The van der Waals surface area contributed by atoms with E-state index in [-0.39, 0.29) is 0 Å². The molecule has 0 aromatic rings. The van der Waals surface area contributed by atoms with E-state index in [0.29, 0.717) is 17.6 Å². The maximum Gasteiger partial charge on any atom is 0.300 e. The fourth-order valence-electron chi connectivity index (χ4n) is 2.13. The number of carboxylic acids is 1. The Morgan fingerprint density at radius 3 is 2.38 bits per heavy atom. The Labute approximate surface area is 98.2 Å². The molecular weight excluding hydrogens is 204 g/mol. The van der Waals surface area contributed by atoms with Crippen LogP contribution in [0.2, 0.25) is 0 Å². The first kappa shape index (κ1) is 15.1. The lowest BCUT2D eigenvalue weighted by molar-refractivity contribution is -0.134. The number of carbonyl (C=O) groups is 2. The van der Waals surface area contributed by atoms with Gasteiger partial charge in [0, 0.05) is 19.3 Å². The van der Waals surface area contributed by atoms with E-state index < -0.39 is 5.97 Å². The highest BCUT2D eigenvalue weighted by Crippen LogP contribution is 2.31. The van der Waals surface area contributed by atoms with Crippen LogP contribution in [0.5, 0.6) is 0 Å². The zero-order valence-electron chi connectivity index (χ0n) is 10.7. The smallest absolute Gasteiger partial charge is 0.300 e. The molecule has 1 rings (SSSR count). The monoisotopic (exact) mass is 228 g/mol. The van der Waals surface area contributed by atoms with Crippen LogP contribution in [0, 0.1) is 11.8 Å². The number of hydrogen-bond acceptors (Lipinski definition) is 2. The van der Waals surface area contributed by atoms with Crippen LogP contribution >= 0.6 is 0 Å². The third-order valence-corrected chi connectivity index (χ3v) is 3.07. The summed E-state index contributed by atoms with van der Waals surface area (Å²) in [6, 6.07) is 0. The Hall–Kier alpha value is -0.860. The van der Waals surface area contributed by atoms with Gasteiger partial charge in [0.2, 0.25) is 0 Å². The molecule has 16 heavy (non-hydrogen) atoms. The minimum Gasteiger partial charge on any atom is -0.481 e. The average molecular weight is 228 g/mol. The fraction of sp³-hybridized carbons (Fsp3) is 0.846. The predicted molar refractivity (Wildman–Crippen MR) is 64.3 cm³/mol. The summed E-state index contributed by atoms with van der Waals surface area (Å²) in [5.41, 5.74) is 0. The van der Waals surface area contributed by atoms with E-state index in [4.69, 9.17) is 9.90 Å². The van der Waals surface area contributed by atoms with Gasteiger partial charge >= 0.3 is 0 Å². The Balaban J connectivity index is 0.000000487. The number of rotatable bonds is 4. The SMILES string of the molecule is CC(=O)O.CCCCC[C@H]1C(=O)CC[C@H]1C. The van der Waals surface area contributed by atoms with Crippen LogP contribution in [0.15, 0.2) is 0 Å². The maximum atomic E-state index is 11.4. The van der Waals surface area contributed by atoms with E-state index in [2.05, 4.69) is 13.8 Å². The van der Waals surface area contributed by atoms with Gasteiger partial charge in [0.05, 0.1) is 0 Å². The summed E-state index contributed by atoms with van der Waals surface area (Å²) in [5, 5.41) is 7.42. The summed E-state index contributed by atoms with van der Waals surface area (Å²) in [6.45, 7) is 5.52. The molecule has 0 radical (unpaired) electrons. The number of ketones is 1. The van der Waals surface area contributed by atoms with Gasteiger partial charge in [-0.3, -0.25) is 9.59 Å². The molecule has 0 bridgehead atoms. The summed E-state index contributed by atoms with van der Waals surface area (Å²) in [6.07, 6.45) is 6.92. The van der Waals surface area contributed by atoms with Gasteiger partial charge < -0.3 is 5.11 Å². The number of aliphatic carboxylic acids is 1. The van der Waals surface area contributed by atoms with E-state index in [0.717, 1.165) is 26.2 Å². The van der Waals surface area contributed by atoms with Crippen LogP contribution < -0.4 is 0 Å². The van der Waals surface area contributed by atoms with Gasteiger partial charge in [0.15, 0.2) is 0 Å². The molecule has 3 nitrogen and oxygen atoms in total. The number of carboxylic acid groups (broad SMARTS) is 1. The molecule has 0 aromatic carbocycles. The molecule has 0 aromatic heterocycles. The van der Waals surface area contributed by atoms with Gasteiger partial charge in [-0.25, -0.2) is 0 Å². The molecule has 1 N–H and O–H groups in total. The highest BCUT2D eigenvalue weighted by Gasteiger charge is 2.30. The van der Waals surface area contributed by atoms with Crippen LogP contribution in [0.3, 0.4) is 0 Å². The average Bonchev–Trinajstić information content (AvgIpc) is 2.48. The van der Waals surface area contributed by atoms with E-state index >= 15 is 0 Å². The molecule has 0 heterocycles. The van der Waals surface area contributed by atoms with Gasteiger partial charge in [0.1, 0.15) is 5.78 Å². The van der Waals surface area contributed by atoms with Crippen LogP contribution in [0.4, 0.5) is 0 Å². The number of carbonyl (C=O) groups excluding carboxylic acids is 1. The molecular formula is C13H24O3. The summed E-state index contributed by atoms with van der Waals surface area (Å²) >= 11 is 0. The van der Waals surface area contributed by atoms with Gasteiger partial charge in [-0.15, -0.1) is 0 Å². The second-order valence-electron chi connectivity index (χ2n) is 4.60. The minimum absolute atomic E-state index is 0.413. The Bertz CT molecular complexity index is 219. The molecule has 0 amide bonds. The summed E-state index contributed by atoms with van der Waals surface area (Å²) in [4.78, 5) is 20.4. The molecule has 1 aliphatic rings. The molecule has 0 spiro atoms. The second-order valence-corrected chi connectivity index (χ2v) is 4.60. The third kappa shape index (κ3) is 6.59. The Kier molecular flexibility index (Phi) is 7.86. The van der Waals surface area contributed by atoms with Crippen molar-refractivity contribution in [3.8, 4) is 0 Å². The van der Waals surface area contributed by atoms with E-state index in [1.165, 1.54) is 19.3 Å². The first-order valence-electron chi connectivity index (χ1n) is 6.21. The third-order valence-electron chi connectivity index (χ3n) is 3.07. The molecule has 2 atom stereocenters. The van der Waals surface area contributed by atoms with Gasteiger partial charge in [-0.05, 0) is 18.8 Å². The lowest BCUT2D eigenvalue weighted by Gasteiger charge is -2.12. The standard InChI is InChI=1S/C11H20O.C2H4O2/c1-3-4-5-6-10-9(2)7-8-11(10)12;1-2(3)4/h9-10H,3-8H2,1-2H3;1H3,(H,3,4)/t9-,10-;/m1./s1. The van der Waals surface area contributed by atoms with Gasteiger partial charge in [0.25, 0.3) is 5.97 Å². The highest BCUT2D eigenvalue weighted by atomic mass is 16.4. The van der Waals surface area contributed by atoms with Gasteiger partial charge in [-0.2, -0.15) is 0 Å². The van der Waals surface area contributed by atoms with Crippen molar-refractivity contribution in [3.05, 3.63) is 0 Å². The predicted octanol–water partition coefficient (Wildman–Crippen LogP) is 3.27. The molecule has 1 saturated carbocycles. The Morgan fingerprint density at radius 2 is 2.00 bits per heavy atom. The van der Waals surface area contributed by atoms with Crippen LogP contribution in [-0.2, 0) is 9.59 Å². The van der Waals surface area contributed by atoms with Crippen LogP contribution in [0.25, 0.3) is 0 Å². The summed E-state index contributed by atoms with van der Waals surface area (Å²) < 4.78 is 0. The largest absolute Gasteiger partial charge is 0.481 e. The topological polar surface area (TPSA) is 54.4 Å². The molecule has 0 saturated heterocycles. The number of unbranched alkanes of at least 4 members (excludes halogenated alkanes) is 2. The molecule has 1 fully saturated rings. The van der Waals surface area contributed by atoms with E-state index in [9.17, 15) is 4.79 Å². The highest BCUT2D eigenvalue weighted by molar-refractivity contribution is 5.83. The molecule has 0 aliphatic heterocycles. The second kappa shape index (κ2) is 8.31. The van der Waals surface area contributed by atoms with Crippen molar-refractivity contribution in [3.63, 3.8) is 0 Å². The van der Waals surface area contributed by atoms with Crippen molar-refractivity contribution in [2.45, 2.75) is 59.3 Å². The fourth-order valence-corrected chi connectivity index (χ4v) is 2.13. The van der Waals surface area contributed by atoms with Crippen molar-refractivity contribution in [1.82, 2.24) is 0 Å². The van der Waals surface area contributed by atoms with Crippen LogP contribution in [0.1, 0.15) is 59.3 Å². The normalized spacial score (nSPS) is 23.8. The minimum atomic E-state index is -0.833. The first-order chi connectivity index (χ1) is 7.49. The van der Waals surface area contributed by atoms with Crippen molar-refractivity contribution in [2.75, 3.05) is 0 Å². The summed E-state index contributed by atoms with van der Waals surface area (Å²) in [5.74, 6) is 0.768. The van der Waals surface area contributed by atoms with Gasteiger partial charge in [-0.1, -0.05) is 33.1 Å². The molecule has 0 unspecified atom stereocenters. The van der Waals surface area contributed by atoms with Crippen molar-refractivity contribution >= 4 is 11.8 Å². The van der Waals surface area contributed by atoms with E-state index in [1.807, 2.05) is 0 Å². The maximum absolute atomic E-state index is 11.4. The van der Waals surface area contributed by atoms with Crippen molar-refractivity contribution in [1.29, 1.82) is 0 Å². The van der Waals surface area contributed by atoms with E-state index in [1.54, 1.807) is 0 Å². The van der Waals surface area contributed by atoms with Crippen LogP contribution in [-0.4, -0.2) is 16.9 Å². The first-order valence-corrected chi connectivity index (χ1v) is 6.21. The lowest BCUT2D eigenvalue weighted by atomic mass is 9.92. The quantitative estimate of drug-likeness (QED) is 0.751. The van der Waals surface area contributed by atoms with Crippen molar-refractivity contribution in [2.24, 2.45) is 11.8 Å².